The number of pyridine rings is 2. The Morgan fingerprint density at radius 3 is 1.62 bits per heavy atom. The Morgan fingerprint density at radius 1 is 0.725 bits per heavy atom. The SMILES string of the molecule is Nc1ccc2nc(-c3ccc(Cl)cc3)c(CO)n2c1.O=[N+]([O-])c1ccc2nc(-c3ccc(Cl)cc3)c(CO)n2c1. The van der Waals surface area contributed by atoms with E-state index in [2.05, 4.69) is 9.97 Å². The minimum absolute atomic E-state index is 0.0581. The van der Waals surface area contributed by atoms with E-state index < -0.39 is 4.92 Å². The van der Waals surface area contributed by atoms with Crippen molar-refractivity contribution in [1.82, 2.24) is 18.8 Å². The Bertz CT molecular complexity index is 1830. The van der Waals surface area contributed by atoms with Gasteiger partial charge in [0.15, 0.2) is 0 Å². The molecular weight excluding hydrogens is 555 g/mol. The van der Waals surface area contributed by atoms with Crippen LogP contribution in [0, 0.1) is 10.1 Å². The van der Waals surface area contributed by atoms with Gasteiger partial charge in [-0.25, -0.2) is 9.97 Å². The minimum Gasteiger partial charge on any atom is -0.398 e. The van der Waals surface area contributed by atoms with Crippen LogP contribution in [-0.2, 0) is 13.2 Å². The van der Waals surface area contributed by atoms with E-state index in [0.29, 0.717) is 38.5 Å². The van der Waals surface area contributed by atoms with Gasteiger partial charge < -0.3 is 15.9 Å². The summed E-state index contributed by atoms with van der Waals surface area (Å²) in [7, 11) is 0. The average Bonchev–Trinajstić information content (AvgIpc) is 3.51. The molecule has 0 aliphatic rings. The monoisotopic (exact) mass is 576 g/mol. The number of hydrogen-bond acceptors (Lipinski definition) is 7. The number of imidazole rings is 2. The largest absolute Gasteiger partial charge is 0.398 e. The van der Waals surface area contributed by atoms with E-state index in [1.54, 1.807) is 59.1 Å². The van der Waals surface area contributed by atoms with Crippen molar-refractivity contribution in [3.8, 4) is 22.5 Å². The fourth-order valence-electron chi connectivity index (χ4n) is 4.28. The number of benzene rings is 2. The lowest BCUT2D eigenvalue weighted by atomic mass is 10.1. The summed E-state index contributed by atoms with van der Waals surface area (Å²) >= 11 is 11.7. The molecule has 40 heavy (non-hydrogen) atoms. The molecule has 0 unspecified atom stereocenters. The zero-order chi connectivity index (χ0) is 28.4. The van der Waals surface area contributed by atoms with E-state index in [1.165, 1.54) is 16.7 Å². The molecule has 12 heteroatoms. The fourth-order valence-corrected chi connectivity index (χ4v) is 4.53. The molecule has 4 heterocycles. The second kappa shape index (κ2) is 11.3. The molecule has 0 saturated carbocycles. The van der Waals surface area contributed by atoms with Crippen LogP contribution in [0.1, 0.15) is 11.4 Å². The molecule has 2 aromatic carbocycles. The Balaban J connectivity index is 0.000000162. The van der Waals surface area contributed by atoms with E-state index in [4.69, 9.17) is 28.9 Å². The summed E-state index contributed by atoms with van der Waals surface area (Å²) in [5, 5.41) is 31.3. The number of fused-ring (bicyclic) bond motifs is 2. The number of halogens is 2. The Hall–Kier alpha value is -4.48. The summed E-state index contributed by atoms with van der Waals surface area (Å²) in [6.45, 7) is -0.386. The number of nitrogens with two attached hydrogens (primary N) is 1. The van der Waals surface area contributed by atoms with Crippen molar-refractivity contribution in [3.63, 3.8) is 0 Å². The van der Waals surface area contributed by atoms with E-state index in [1.807, 2.05) is 18.2 Å². The van der Waals surface area contributed by atoms with Crippen molar-refractivity contribution in [2.75, 3.05) is 5.73 Å². The third kappa shape index (κ3) is 5.33. The van der Waals surface area contributed by atoms with Crippen LogP contribution >= 0.6 is 23.2 Å². The topological polar surface area (TPSA) is 144 Å². The van der Waals surface area contributed by atoms with Crippen molar-refractivity contribution < 1.29 is 15.1 Å². The molecule has 0 radical (unpaired) electrons. The van der Waals surface area contributed by atoms with E-state index in [9.17, 15) is 20.3 Å². The minimum atomic E-state index is -0.484. The number of hydrogen-bond donors (Lipinski definition) is 3. The first-order valence-electron chi connectivity index (χ1n) is 11.9. The first-order valence-corrected chi connectivity index (χ1v) is 12.7. The molecule has 0 amide bonds. The van der Waals surface area contributed by atoms with Crippen LogP contribution in [-0.4, -0.2) is 33.9 Å². The van der Waals surface area contributed by atoms with Crippen LogP contribution in [0.15, 0.2) is 85.2 Å². The van der Waals surface area contributed by atoms with Gasteiger partial charge in [0.25, 0.3) is 5.69 Å². The molecule has 0 aliphatic heterocycles. The summed E-state index contributed by atoms with van der Waals surface area (Å²) in [4.78, 5) is 19.3. The van der Waals surface area contributed by atoms with Crippen LogP contribution in [0.2, 0.25) is 10.0 Å². The van der Waals surface area contributed by atoms with Gasteiger partial charge in [0.05, 0.1) is 47.1 Å². The number of anilines is 1. The van der Waals surface area contributed by atoms with Crippen molar-refractivity contribution in [2.45, 2.75) is 13.2 Å². The van der Waals surface area contributed by atoms with Crippen LogP contribution in [0.3, 0.4) is 0 Å². The molecule has 0 bridgehead atoms. The molecule has 4 N–H and O–H groups in total. The lowest BCUT2D eigenvalue weighted by molar-refractivity contribution is -0.385. The molecular formula is C28H22Cl2N6O4. The zero-order valence-corrected chi connectivity index (χ0v) is 22.3. The normalized spacial score (nSPS) is 11.0. The van der Waals surface area contributed by atoms with Gasteiger partial charge in [0.2, 0.25) is 0 Å². The molecule has 0 fully saturated rings. The Kier molecular flexibility index (Phi) is 7.67. The number of aliphatic hydroxyl groups is 2. The highest BCUT2D eigenvalue weighted by Gasteiger charge is 2.16. The molecule has 0 saturated heterocycles. The molecule has 10 nitrogen and oxygen atoms in total. The van der Waals surface area contributed by atoms with Crippen LogP contribution in [0.5, 0.6) is 0 Å². The highest BCUT2D eigenvalue weighted by atomic mass is 35.5. The van der Waals surface area contributed by atoms with Gasteiger partial charge in [0.1, 0.15) is 11.3 Å². The fraction of sp³-hybridized carbons (Fsp3) is 0.0714. The zero-order valence-electron chi connectivity index (χ0n) is 20.8. The molecule has 6 rings (SSSR count). The van der Waals surface area contributed by atoms with Gasteiger partial charge in [0, 0.05) is 39.1 Å². The molecule has 202 valence electrons. The first-order chi connectivity index (χ1) is 19.3. The number of nitrogens with zero attached hydrogens (tertiary/aromatic N) is 5. The number of aromatic nitrogens is 4. The summed E-state index contributed by atoms with van der Waals surface area (Å²) in [6.07, 6.45) is 3.11. The number of nitrogen functional groups attached to an aromatic ring is 1. The van der Waals surface area contributed by atoms with Crippen LogP contribution in [0.4, 0.5) is 11.4 Å². The molecule has 0 aliphatic carbocycles. The van der Waals surface area contributed by atoms with E-state index >= 15 is 0 Å². The quantitative estimate of drug-likeness (QED) is 0.174. The predicted molar refractivity (Wildman–Crippen MR) is 154 cm³/mol. The standard InChI is InChI=1S/C14H10ClN3O3.C14H12ClN3O/c15-10-3-1-9(2-4-10)14-12(8-19)17-7-11(18(20)21)5-6-13(17)16-14;15-10-3-1-9(2-4-10)14-12(8-19)18-7-11(16)5-6-13(18)17-14/h1-7,19H,8H2;1-7,19H,8,16H2. The van der Waals surface area contributed by atoms with E-state index in [-0.39, 0.29) is 18.9 Å². The van der Waals surface area contributed by atoms with Crippen LogP contribution in [0.25, 0.3) is 33.8 Å². The van der Waals surface area contributed by atoms with Crippen molar-refractivity contribution >= 4 is 45.9 Å². The summed E-state index contributed by atoms with van der Waals surface area (Å²) < 4.78 is 3.33. The highest BCUT2D eigenvalue weighted by molar-refractivity contribution is 6.30. The van der Waals surface area contributed by atoms with Gasteiger partial charge >= 0.3 is 0 Å². The lowest BCUT2D eigenvalue weighted by Crippen LogP contribution is -1.96. The van der Waals surface area contributed by atoms with Gasteiger partial charge in [-0.1, -0.05) is 47.5 Å². The maximum Gasteiger partial charge on any atom is 0.286 e. The van der Waals surface area contributed by atoms with Gasteiger partial charge in [-0.3, -0.25) is 18.9 Å². The third-order valence-corrected chi connectivity index (χ3v) is 6.69. The summed E-state index contributed by atoms with van der Waals surface area (Å²) in [5.74, 6) is 0. The van der Waals surface area contributed by atoms with Crippen molar-refractivity contribution in [1.29, 1.82) is 0 Å². The first kappa shape index (κ1) is 27.1. The van der Waals surface area contributed by atoms with Gasteiger partial charge in [-0.2, -0.15) is 0 Å². The van der Waals surface area contributed by atoms with Crippen molar-refractivity contribution in [3.05, 3.63) is 117 Å². The smallest absolute Gasteiger partial charge is 0.286 e. The summed E-state index contributed by atoms with van der Waals surface area (Å²) in [6, 6.07) is 20.9. The molecule has 4 aromatic heterocycles. The highest BCUT2D eigenvalue weighted by Crippen LogP contribution is 2.28. The average molecular weight is 577 g/mol. The molecule has 0 spiro atoms. The van der Waals surface area contributed by atoms with Crippen LogP contribution < -0.4 is 5.73 Å². The van der Waals surface area contributed by atoms with Crippen molar-refractivity contribution in [2.24, 2.45) is 0 Å². The second-order valence-electron chi connectivity index (χ2n) is 8.71. The Labute approximate surface area is 237 Å². The predicted octanol–water partition coefficient (Wildman–Crippen LogP) is 5.78. The maximum atomic E-state index is 10.9. The number of rotatable bonds is 5. The summed E-state index contributed by atoms with van der Waals surface area (Å²) in [5.41, 5.74) is 11.9. The third-order valence-electron chi connectivity index (χ3n) is 6.19. The molecule has 0 atom stereocenters. The van der Waals surface area contributed by atoms with Gasteiger partial charge in [-0.15, -0.1) is 0 Å². The van der Waals surface area contributed by atoms with E-state index in [0.717, 1.165) is 22.5 Å². The second-order valence-corrected chi connectivity index (χ2v) is 9.58. The lowest BCUT2D eigenvalue weighted by Gasteiger charge is -2.02. The molecule has 6 aromatic rings. The number of nitro groups is 1. The number of aliphatic hydroxyl groups excluding tert-OH is 2. The van der Waals surface area contributed by atoms with Gasteiger partial charge in [-0.05, 0) is 42.5 Å². The Morgan fingerprint density at radius 2 is 1.18 bits per heavy atom. The maximum absolute atomic E-state index is 10.9.